The van der Waals surface area contributed by atoms with Gasteiger partial charge in [-0.3, -0.25) is 0 Å². The summed E-state index contributed by atoms with van der Waals surface area (Å²) < 4.78 is 12.7. The van der Waals surface area contributed by atoms with Gasteiger partial charge in [0.1, 0.15) is 11.5 Å². The van der Waals surface area contributed by atoms with Gasteiger partial charge in [0.15, 0.2) is 0 Å². The molecule has 4 heterocycles. The summed E-state index contributed by atoms with van der Waals surface area (Å²) >= 11 is 0. The molecule has 6 heteroatoms. The number of hydrogen-bond donors (Lipinski definition) is 0. The Morgan fingerprint density at radius 1 is 0.700 bits per heavy atom. The van der Waals surface area contributed by atoms with Gasteiger partial charge in [-0.15, -0.1) is 47.5 Å². The van der Waals surface area contributed by atoms with Gasteiger partial charge < -0.3 is 24.3 Å². The number of para-hydroxylation sites is 4. The Bertz CT molecular complexity index is 2120. The topological polar surface area (TPSA) is 47.5 Å². The van der Waals surface area contributed by atoms with Gasteiger partial charge in [0.2, 0.25) is 0 Å². The van der Waals surface area contributed by atoms with Crippen molar-refractivity contribution in [2.45, 2.75) is 60.3 Å². The Kier molecular flexibility index (Phi) is 9.72. The molecule has 8 rings (SSSR count). The summed E-state index contributed by atoms with van der Waals surface area (Å²) in [7, 11) is 0. The molecule has 0 aliphatic carbocycles. The third-order valence-corrected chi connectivity index (χ3v) is 8.58. The van der Waals surface area contributed by atoms with Gasteiger partial charge in [-0.05, 0) is 64.5 Å². The van der Waals surface area contributed by atoms with Gasteiger partial charge in [-0.25, -0.2) is 0 Å². The van der Waals surface area contributed by atoms with E-state index in [4.69, 9.17) is 9.47 Å². The van der Waals surface area contributed by atoms with E-state index in [0.29, 0.717) is 0 Å². The molecular formula is C44H41IrN3O2-2. The first-order valence-corrected chi connectivity index (χ1v) is 16.8. The van der Waals surface area contributed by atoms with E-state index < -0.39 is 0 Å². The predicted molar refractivity (Wildman–Crippen MR) is 198 cm³/mol. The van der Waals surface area contributed by atoms with Crippen LogP contribution in [0.5, 0.6) is 23.0 Å². The molecule has 0 N–H and O–H groups in total. The SMILES string of the molecule is CC(C)(C)Cc1ccnc(-c2[c-]cc3c4c2Oc2ccccc2N4c2ccccc2O3)c1.Cc1c[c-]c(-c2ccc(C(C)(C)C)cn2)cc1.[Ir]. The Balaban J connectivity index is 0.000000204. The Hall–Kier alpha value is -4.77. The van der Waals surface area contributed by atoms with E-state index in [-0.39, 0.29) is 30.9 Å². The fourth-order valence-electron chi connectivity index (χ4n) is 6.13. The Labute approximate surface area is 309 Å². The van der Waals surface area contributed by atoms with E-state index in [0.717, 1.165) is 69.0 Å². The second kappa shape index (κ2) is 13.9. The van der Waals surface area contributed by atoms with Crippen molar-refractivity contribution in [2.24, 2.45) is 5.41 Å². The van der Waals surface area contributed by atoms with Crippen molar-refractivity contribution in [1.29, 1.82) is 0 Å². The average Bonchev–Trinajstić information content (AvgIpc) is 3.08. The Morgan fingerprint density at radius 3 is 2.02 bits per heavy atom. The summed E-state index contributed by atoms with van der Waals surface area (Å²) in [6, 6.07) is 39.3. The first-order valence-electron chi connectivity index (χ1n) is 16.8. The van der Waals surface area contributed by atoms with Crippen LogP contribution in [0.4, 0.5) is 17.1 Å². The summed E-state index contributed by atoms with van der Waals surface area (Å²) in [4.78, 5) is 11.4. The molecule has 1 radical (unpaired) electrons. The van der Waals surface area contributed by atoms with Gasteiger partial charge in [0.05, 0.1) is 22.9 Å². The largest absolute Gasteiger partial charge is 0.497 e. The first-order chi connectivity index (χ1) is 23.4. The van der Waals surface area contributed by atoms with Crippen molar-refractivity contribution in [3.8, 4) is 45.5 Å². The maximum atomic E-state index is 6.47. The molecule has 0 fully saturated rings. The van der Waals surface area contributed by atoms with Crippen molar-refractivity contribution in [2.75, 3.05) is 4.90 Å². The molecule has 0 saturated heterocycles. The van der Waals surface area contributed by atoms with E-state index in [1.165, 1.54) is 16.7 Å². The molecule has 2 aromatic heterocycles. The molecule has 0 atom stereocenters. The fourth-order valence-corrected chi connectivity index (χ4v) is 6.13. The van der Waals surface area contributed by atoms with Crippen molar-refractivity contribution >= 4 is 17.1 Å². The molecule has 5 nitrogen and oxygen atoms in total. The van der Waals surface area contributed by atoms with Gasteiger partial charge in [0.25, 0.3) is 0 Å². The molecule has 0 amide bonds. The van der Waals surface area contributed by atoms with Gasteiger partial charge in [-0.2, -0.15) is 0 Å². The number of fused-ring (bicyclic) bond motifs is 4. The summed E-state index contributed by atoms with van der Waals surface area (Å²) in [6.45, 7) is 15.4. The number of benzene rings is 4. The van der Waals surface area contributed by atoms with Crippen LogP contribution in [0.3, 0.4) is 0 Å². The summed E-state index contributed by atoms with van der Waals surface area (Å²) in [6.07, 6.45) is 4.80. The van der Waals surface area contributed by atoms with E-state index in [1.807, 2.05) is 60.9 Å². The van der Waals surface area contributed by atoms with Crippen LogP contribution in [0.25, 0.3) is 22.5 Å². The zero-order valence-electron chi connectivity index (χ0n) is 29.6. The van der Waals surface area contributed by atoms with E-state index in [9.17, 15) is 0 Å². The number of aryl methyl sites for hydroxylation is 1. The first kappa shape index (κ1) is 35.1. The van der Waals surface area contributed by atoms with Gasteiger partial charge in [0, 0.05) is 38.2 Å². The number of pyridine rings is 2. The van der Waals surface area contributed by atoms with E-state index >= 15 is 0 Å². The zero-order chi connectivity index (χ0) is 34.3. The minimum Gasteiger partial charge on any atom is -0.497 e. The molecule has 2 aliphatic rings. The second-order valence-electron chi connectivity index (χ2n) is 14.9. The fraction of sp³-hybridized carbons (Fsp3) is 0.227. The summed E-state index contributed by atoms with van der Waals surface area (Å²) in [5.74, 6) is 3.06. The number of ether oxygens (including phenoxy) is 2. The molecule has 255 valence electrons. The molecule has 6 aromatic rings. The van der Waals surface area contributed by atoms with Gasteiger partial charge in [-0.1, -0.05) is 102 Å². The smallest absolute Gasteiger partial charge is 0.138 e. The third kappa shape index (κ3) is 7.23. The minimum atomic E-state index is 0. The number of rotatable bonds is 3. The van der Waals surface area contributed by atoms with Crippen LogP contribution in [0.1, 0.15) is 58.2 Å². The molecular weight excluding hydrogens is 795 g/mol. The molecule has 2 aliphatic heterocycles. The maximum absolute atomic E-state index is 6.47. The zero-order valence-corrected chi connectivity index (χ0v) is 32.0. The van der Waals surface area contributed by atoms with Crippen LogP contribution >= 0.6 is 0 Å². The standard InChI is InChI=1S/C28H23N2O2.C16H18N.Ir/c1-28(2,3)17-18-14-15-29-20(16-18)19-12-13-25-26-27(19)32-24-11-7-5-9-22(24)30(26)21-8-4-6-10-23(21)31-25;1-12-5-7-13(8-6-12)15-10-9-14(11-17-15)16(2,3)4;/h4-11,13-16H,17H2,1-3H3;5-7,9-11H,1-4H3;/q2*-1;. The van der Waals surface area contributed by atoms with Crippen LogP contribution in [-0.2, 0) is 31.9 Å². The number of hydrogen-bond acceptors (Lipinski definition) is 5. The van der Waals surface area contributed by atoms with E-state index in [1.54, 1.807) is 0 Å². The molecule has 0 saturated carbocycles. The average molecular weight is 836 g/mol. The van der Waals surface area contributed by atoms with Crippen LogP contribution in [-0.4, -0.2) is 9.97 Å². The van der Waals surface area contributed by atoms with E-state index in [2.05, 4.69) is 124 Å². The normalized spacial score (nSPS) is 12.5. The van der Waals surface area contributed by atoms with Crippen LogP contribution in [0.15, 0.2) is 109 Å². The van der Waals surface area contributed by atoms with Crippen molar-refractivity contribution in [1.82, 2.24) is 9.97 Å². The third-order valence-electron chi connectivity index (χ3n) is 8.58. The minimum absolute atomic E-state index is 0. The van der Waals surface area contributed by atoms with Crippen LogP contribution < -0.4 is 14.4 Å². The van der Waals surface area contributed by atoms with Crippen LogP contribution in [0.2, 0.25) is 0 Å². The number of nitrogens with zero attached hydrogens (tertiary/aromatic N) is 3. The Morgan fingerprint density at radius 2 is 1.40 bits per heavy atom. The molecule has 0 spiro atoms. The monoisotopic (exact) mass is 836 g/mol. The van der Waals surface area contributed by atoms with Crippen molar-refractivity contribution in [3.63, 3.8) is 0 Å². The predicted octanol–water partition coefficient (Wildman–Crippen LogP) is 12.0. The molecule has 0 bridgehead atoms. The molecule has 50 heavy (non-hydrogen) atoms. The van der Waals surface area contributed by atoms with Gasteiger partial charge >= 0.3 is 0 Å². The summed E-state index contributed by atoms with van der Waals surface area (Å²) in [5.41, 5.74) is 10.7. The summed E-state index contributed by atoms with van der Waals surface area (Å²) in [5, 5.41) is 0. The van der Waals surface area contributed by atoms with Crippen molar-refractivity contribution in [3.05, 3.63) is 138 Å². The molecule has 4 aromatic carbocycles. The quantitative estimate of drug-likeness (QED) is 0.166. The number of aromatic nitrogens is 2. The second-order valence-corrected chi connectivity index (χ2v) is 14.9. The molecule has 0 unspecified atom stereocenters. The maximum Gasteiger partial charge on any atom is 0.138 e. The van der Waals surface area contributed by atoms with Crippen molar-refractivity contribution < 1.29 is 29.6 Å². The van der Waals surface area contributed by atoms with Crippen LogP contribution in [0, 0.1) is 24.5 Å². The number of anilines is 3.